The smallest absolute Gasteiger partial charge is 0.381 e. The maximum Gasteiger partial charge on any atom is 0.417 e. The molecular formula is C12H14F3N3. The highest BCUT2D eigenvalue weighted by molar-refractivity contribution is 5.53. The second kappa shape index (κ2) is 5.74. The van der Waals surface area contributed by atoms with E-state index in [-0.39, 0.29) is 11.6 Å². The average molecular weight is 257 g/mol. The summed E-state index contributed by atoms with van der Waals surface area (Å²) in [5.41, 5.74) is 4.48. The van der Waals surface area contributed by atoms with Crippen LogP contribution in [0.3, 0.4) is 0 Å². The predicted octanol–water partition coefficient (Wildman–Crippen LogP) is 2.73. The van der Waals surface area contributed by atoms with Gasteiger partial charge in [-0.25, -0.2) is 0 Å². The number of nitrogens with zero attached hydrogens (tertiary/aromatic N) is 1. The van der Waals surface area contributed by atoms with Gasteiger partial charge in [0.25, 0.3) is 0 Å². The number of nitrogens with two attached hydrogens (primary N) is 1. The molecule has 0 bridgehead atoms. The third-order valence-corrected chi connectivity index (χ3v) is 2.59. The van der Waals surface area contributed by atoms with Crippen LogP contribution in [0.2, 0.25) is 0 Å². The fourth-order valence-corrected chi connectivity index (χ4v) is 1.53. The van der Waals surface area contributed by atoms with Crippen LogP contribution in [0.5, 0.6) is 0 Å². The summed E-state index contributed by atoms with van der Waals surface area (Å²) >= 11 is 0. The van der Waals surface area contributed by atoms with Crippen LogP contribution in [-0.4, -0.2) is 12.6 Å². The molecule has 1 rings (SSSR count). The number of anilines is 1. The third kappa shape index (κ3) is 3.37. The summed E-state index contributed by atoms with van der Waals surface area (Å²) in [7, 11) is 0. The van der Waals surface area contributed by atoms with E-state index in [1.54, 1.807) is 0 Å². The van der Waals surface area contributed by atoms with Gasteiger partial charge in [-0.1, -0.05) is 6.92 Å². The lowest BCUT2D eigenvalue weighted by atomic mass is 10.1. The van der Waals surface area contributed by atoms with Crippen LogP contribution in [0.15, 0.2) is 18.2 Å². The molecule has 0 spiro atoms. The molecule has 0 radical (unpaired) electrons. The maximum atomic E-state index is 12.7. The van der Waals surface area contributed by atoms with Crippen molar-refractivity contribution in [3.63, 3.8) is 0 Å². The summed E-state index contributed by atoms with van der Waals surface area (Å²) in [4.78, 5) is 0. The molecule has 0 aliphatic heterocycles. The first-order chi connectivity index (χ1) is 8.42. The molecule has 0 fully saturated rings. The number of hydrogen-bond acceptors (Lipinski definition) is 3. The molecule has 0 saturated heterocycles. The monoisotopic (exact) mass is 257 g/mol. The highest BCUT2D eigenvalue weighted by Gasteiger charge is 2.33. The van der Waals surface area contributed by atoms with Crippen molar-refractivity contribution in [3.8, 4) is 6.07 Å². The third-order valence-electron chi connectivity index (χ3n) is 2.59. The van der Waals surface area contributed by atoms with Crippen molar-refractivity contribution in [1.82, 2.24) is 0 Å². The molecule has 1 aromatic carbocycles. The molecular weight excluding hydrogens is 243 g/mol. The molecule has 0 aliphatic carbocycles. The summed E-state index contributed by atoms with van der Waals surface area (Å²) in [6.45, 7) is 2.22. The SMILES string of the molecule is CCC(CN)Nc1ccc(C#N)c(C(F)(F)F)c1. The zero-order valence-corrected chi connectivity index (χ0v) is 9.88. The Morgan fingerprint density at radius 2 is 2.11 bits per heavy atom. The van der Waals surface area contributed by atoms with Crippen LogP contribution >= 0.6 is 0 Å². The standard InChI is InChI=1S/C12H14F3N3/c1-2-9(7-17)18-10-4-3-8(6-16)11(5-10)12(13,14)15/h3-5,9,18H,2,7,17H2,1H3. The Morgan fingerprint density at radius 1 is 1.44 bits per heavy atom. The Labute approximate surface area is 103 Å². The maximum absolute atomic E-state index is 12.7. The van der Waals surface area contributed by atoms with Crippen molar-refractivity contribution in [2.24, 2.45) is 5.73 Å². The normalized spacial score (nSPS) is 12.9. The Morgan fingerprint density at radius 3 is 2.56 bits per heavy atom. The van der Waals surface area contributed by atoms with E-state index in [9.17, 15) is 13.2 Å². The Kier molecular flexibility index (Phi) is 4.56. The fraction of sp³-hybridized carbons (Fsp3) is 0.417. The van der Waals surface area contributed by atoms with Crippen molar-refractivity contribution in [3.05, 3.63) is 29.3 Å². The quantitative estimate of drug-likeness (QED) is 0.871. The first kappa shape index (κ1) is 14.3. The minimum Gasteiger partial charge on any atom is -0.381 e. The zero-order chi connectivity index (χ0) is 13.8. The van der Waals surface area contributed by atoms with Gasteiger partial charge in [0.05, 0.1) is 17.2 Å². The van der Waals surface area contributed by atoms with E-state index in [0.717, 1.165) is 12.1 Å². The number of halogens is 3. The molecule has 0 heterocycles. The molecule has 1 unspecified atom stereocenters. The summed E-state index contributed by atoms with van der Waals surface area (Å²) in [5.74, 6) is 0. The molecule has 6 heteroatoms. The number of nitrogens with one attached hydrogen (secondary N) is 1. The fourth-order valence-electron chi connectivity index (χ4n) is 1.53. The topological polar surface area (TPSA) is 61.8 Å². The summed E-state index contributed by atoms with van der Waals surface area (Å²) in [6, 6.07) is 5.01. The van der Waals surface area contributed by atoms with Gasteiger partial charge in [0.1, 0.15) is 0 Å². The first-order valence-electron chi connectivity index (χ1n) is 5.50. The van der Waals surface area contributed by atoms with E-state index in [2.05, 4.69) is 5.32 Å². The number of benzene rings is 1. The van der Waals surface area contributed by atoms with Crippen molar-refractivity contribution < 1.29 is 13.2 Å². The van der Waals surface area contributed by atoms with Crippen LogP contribution in [-0.2, 0) is 6.18 Å². The van der Waals surface area contributed by atoms with Gasteiger partial charge in [-0.05, 0) is 24.6 Å². The summed E-state index contributed by atoms with van der Waals surface area (Å²) in [6.07, 6.45) is -3.83. The number of rotatable bonds is 4. The van der Waals surface area contributed by atoms with Gasteiger partial charge < -0.3 is 11.1 Å². The molecule has 0 amide bonds. The van der Waals surface area contributed by atoms with Crippen LogP contribution in [0.4, 0.5) is 18.9 Å². The Bertz CT molecular complexity index is 445. The number of hydrogen-bond donors (Lipinski definition) is 2. The minimum absolute atomic E-state index is 0.0842. The molecule has 98 valence electrons. The van der Waals surface area contributed by atoms with Gasteiger partial charge in [0, 0.05) is 18.3 Å². The predicted molar refractivity (Wildman–Crippen MR) is 62.9 cm³/mol. The molecule has 0 aromatic heterocycles. The van der Waals surface area contributed by atoms with Gasteiger partial charge in [-0.3, -0.25) is 0 Å². The van der Waals surface area contributed by atoms with Crippen LogP contribution in [0.1, 0.15) is 24.5 Å². The minimum atomic E-state index is -4.53. The van der Waals surface area contributed by atoms with Gasteiger partial charge >= 0.3 is 6.18 Å². The van der Waals surface area contributed by atoms with Crippen LogP contribution in [0.25, 0.3) is 0 Å². The Balaban J connectivity index is 3.08. The summed E-state index contributed by atoms with van der Waals surface area (Å²) < 4.78 is 38.1. The van der Waals surface area contributed by atoms with E-state index < -0.39 is 11.7 Å². The van der Waals surface area contributed by atoms with E-state index >= 15 is 0 Å². The molecule has 0 aliphatic rings. The highest BCUT2D eigenvalue weighted by atomic mass is 19.4. The van der Waals surface area contributed by atoms with Gasteiger partial charge in [-0.15, -0.1) is 0 Å². The lowest BCUT2D eigenvalue weighted by Gasteiger charge is -2.17. The van der Waals surface area contributed by atoms with Crippen molar-refractivity contribution in [2.45, 2.75) is 25.6 Å². The second-order valence-electron chi connectivity index (χ2n) is 3.86. The number of nitriles is 1. The molecule has 18 heavy (non-hydrogen) atoms. The van der Waals surface area contributed by atoms with Gasteiger partial charge in [0.15, 0.2) is 0 Å². The lowest BCUT2D eigenvalue weighted by Crippen LogP contribution is -2.28. The van der Waals surface area contributed by atoms with Crippen molar-refractivity contribution >= 4 is 5.69 Å². The average Bonchev–Trinajstić information content (AvgIpc) is 2.34. The molecule has 3 nitrogen and oxygen atoms in total. The van der Waals surface area contributed by atoms with Crippen molar-refractivity contribution in [2.75, 3.05) is 11.9 Å². The van der Waals surface area contributed by atoms with E-state index in [4.69, 9.17) is 11.0 Å². The first-order valence-corrected chi connectivity index (χ1v) is 5.50. The largest absolute Gasteiger partial charge is 0.417 e. The van der Waals surface area contributed by atoms with Crippen molar-refractivity contribution in [1.29, 1.82) is 5.26 Å². The van der Waals surface area contributed by atoms with Crippen LogP contribution in [0, 0.1) is 11.3 Å². The molecule has 1 atom stereocenters. The lowest BCUT2D eigenvalue weighted by molar-refractivity contribution is -0.137. The Hall–Kier alpha value is -1.74. The summed E-state index contributed by atoms with van der Waals surface area (Å²) in [5, 5.41) is 11.6. The van der Waals surface area contributed by atoms with E-state index in [1.807, 2.05) is 6.92 Å². The molecule has 1 aromatic rings. The molecule has 0 saturated carbocycles. The van der Waals surface area contributed by atoms with Gasteiger partial charge in [0.2, 0.25) is 0 Å². The highest BCUT2D eigenvalue weighted by Crippen LogP contribution is 2.33. The van der Waals surface area contributed by atoms with Gasteiger partial charge in [-0.2, -0.15) is 18.4 Å². The molecule has 3 N–H and O–H groups in total. The zero-order valence-electron chi connectivity index (χ0n) is 9.88. The van der Waals surface area contributed by atoms with E-state index in [1.165, 1.54) is 12.1 Å². The second-order valence-corrected chi connectivity index (χ2v) is 3.86. The van der Waals surface area contributed by atoms with Crippen LogP contribution < -0.4 is 11.1 Å². The number of alkyl halides is 3. The van der Waals surface area contributed by atoms with E-state index in [0.29, 0.717) is 18.7 Å².